The Morgan fingerprint density at radius 2 is 1.89 bits per heavy atom. The van der Waals surface area contributed by atoms with Crippen LogP contribution in [-0.4, -0.2) is 41.0 Å². The largest absolute Gasteiger partial charge is 0.373 e. The maximum Gasteiger partial charge on any atom is 0.270 e. The van der Waals surface area contributed by atoms with E-state index in [9.17, 15) is 14.9 Å². The number of nitrogens with zero attached hydrogens (tertiary/aromatic N) is 2. The standard InChI is InChI=1S/C20H23N3O4/c1-14-11-22(12-15(2)27-14)13-17-6-3-4-9-19(17)21-20(24)16-7-5-8-18(10-16)23(25)26/h3-10,14-15H,11-13H2,1-2H3,(H,21,24). The van der Waals surface area contributed by atoms with Crippen LogP contribution in [0.4, 0.5) is 11.4 Å². The molecule has 0 bridgehead atoms. The highest BCUT2D eigenvalue weighted by atomic mass is 16.6. The lowest BCUT2D eigenvalue weighted by Gasteiger charge is -2.35. The van der Waals surface area contributed by atoms with E-state index in [1.165, 1.54) is 18.2 Å². The van der Waals surface area contributed by atoms with Crippen LogP contribution >= 0.6 is 0 Å². The minimum Gasteiger partial charge on any atom is -0.373 e. The molecule has 0 saturated carbocycles. The third-order valence-electron chi connectivity index (χ3n) is 4.47. The van der Waals surface area contributed by atoms with Crippen LogP contribution in [0, 0.1) is 10.1 Å². The van der Waals surface area contributed by atoms with Crippen molar-refractivity contribution in [2.24, 2.45) is 0 Å². The van der Waals surface area contributed by atoms with E-state index < -0.39 is 4.92 Å². The van der Waals surface area contributed by atoms with Crippen molar-refractivity contribution in [1.29, 1.82) is 0 Å². The summed E-state index contributed by atoms with van der Waals surface area (Å²) in [4.78, 5) is 25.3. The van der Waals surface area contributed by atoms with Crippen molar-refractivity contribution in [3.63, 3.8) is 0 Å². The smallest absolute Gasteiger partial charge is 0.270 e. The molecule has 1 aliphatic heterocycles. The molecule has 27 heavy (non-hydrogen) atoms. The van der Waals surface area contributed by atoms with Gasteiger partial charge in [-0.2, -0.15) is 0 Å². The van der Waals surface area contributed by atoms with Crippen LogP contribution in [0.25, 0.3) is 0 Å². The zero-order chi connectivity index (χ0) is 19.4. The van der Waals surface area contributed by atoms with Gasteiger partial charge in [0.05, 0.1) is 17.1 Å². The second-order valence-electron chi connectivity index (χ2n) is 6.87. The third-order valence-corrected chi connectivity index (χ3v) is 4.47. The van der Waals surface area contributed by atoms with Crippen LogP contribution in [0.3, 0.4) is 0 Å². The second-order valence-corrected chi connectivity index (χ2v) is 6.87. The molecule has 1 saturated heterocycles. The molecule has 1 heterocycles. The number of amides is 1. The van der Waals surface area contributed by atoms with Crippen LogP contribution in [0.5, 0.6) is 0 Å². The molecule has 2 atom stereocenters. The van der Waals surface area contributed by atoms with Gasteiger partial charge in [0, 0.05) is 43.0 Å². The minimum absolute atomic E-state index is 0.104. The van der Waals surface area contributed by atoms with Crippen molar-refractivity contribution in [3.8, 4) is 0 Å². The lowest BCUT2D eigenvalue weighted by Crippen LogP contribution is -2.44. The molecule has 0 aromatic heterocycles. The minimum atomic E-state index is -0.508. The Balaban J connectivity index is 1.75. The number of nitrogens with one attached hydrogen (secondary N) is 1. The Morgan fingerprint density at radius 1 is 1.19 bits per heavy atom. The molecular formula is C20H23N3O4. The predicted octanol–water partition coefficient (Wildman–Crippen LogP) is 3.46. The summed E-state index contributed by atoms with van der Waals surface area (Å²) in [5.41, 5.74) is 1.86. The molecule has 3 rings (SSSR count). The topological polar surface area (TPSA) is 84.7 Å². The van der Waals surface area contributed by atoms with Crippen LogP contribution in [-0.2, 0) is 11.3 Å². The number of hydrogen-bond acceptors (Lipinski definition) is 5. The number of hydrogen-bond donors (Lipinski definition) is 1. The van der Waals surface area contributed by atoms with E-state index in [1.807, 2.05) is 24.3 Å². The van der Waals surface area contributed by atoms with Gasteiger partial charge in [-0.25, -0.2) is 0 Å². The zero-order valence-corrected chi connectivity index (χ0v) is 15.4. The number of nitro benzene ring substituents is 1. The highest BCUT2D eigenvalue weighted by molar-refractivity contribution is 6.05. The van der Waals surface area contributed by atoms with Crippen LogP contribution < -0.4 is 5.32 Å². The van der Waals surface area contributed by atoms with E-state index in [0.717, 1.165) is 18.7 Å². The number of non-ortho nitro benzene ring substituents is 1. The summed E-state index contributed by atoms with van der Waals surface area (Å²) < 4.78 is 5.77. The van der Waals surface area contributed by atoms with E-state index >= 15 is 0 Å². The number of carbonyl (C=O) groups is 1. The number of ether oxygens (including phenoxy) is 1. The average Bonchev–Trinajstić information content (AvgIpc) is 2.62. The maximum atomic E-state index is 12.6. The first kappa shape index (κ1) is 19.0. The molecule has 0 spiro atoms. The normalized spacial score (nSPS) is 20.2. The summed E-state index contributed by atoms with van der Waals surface area (Å²) >= 11 is 0. The molecule has 2 aromatic rings. The molecule has 2 unspecified atom stereocenters. The fourth-order valence-corrected chi connectivity index (χ4v) is 3.39. The number of anilines is 1. The first-order valence-corrected chi connectivity index (χ1v) is 8.94. The van der Waals surface area contributed by atoms with Crippen LogP contribution in [0.15, 0.2) is 48.5 Å². The fraction of sp³-hybridized carbons (Fsp3) is 0.350. The number of morpholine rings is 1. The monoisotopic (exact) mass is 369 g/mol. The van der Waals surface area contributed by atoms with Gasteiger partial charge in [0.1, 0.15) is 0 Å². The van der Waals surface area contributed by atoms with Gasteiger partial charge in [0.25, 0.3) is 11.6 Å². The first-order chi connectivity index (χ1) is 12.9. The molecule has 1 fully saturated rings. The van der Waals surface area contributed by atoms with E-state index in [-0.39, 0.29) is 29.4 Å². The maximum absolute atomic E-state index is 12.6. The number of carbonyl (C=O) groups excluding carboxylic acids is 1. The number of benzene rings is 2. The molecular weight excluding hydrogens is 346 g/mol. The average molecular weight is 369 g/mol. The van der Waals surface area contributed by atoms with Crippen molar-refractivity contribution in [3.05, 3.63) is 69.8 Å². The van der Waals surface area contributed by atoms with Crippen molar-refractivity contribution in [2.45, 2.75) is 32.6 Å². The Bertz CT molecular complexity index is 829. The summed E-state index contributed by atoms with van der Waals surface area (Å²) in [6, 6.07) is 13.3. The van der Waals surface area contributed by atoms with Gasteiger partial charge in [-0.3, -0.25) is 19.8 Å². The zero-order valence-electron chi connectivity index (χ0n) is 15.4. The lowest BCUT2D eigenvalue weighted by atomic mass is 10.1. The van der Waals surface area contributed by atoms with Crippen molar-refractivity contribution < 1.29 is 14.5 Å². The molecule has 1 amide bonds. The van der Waals surface area contributed by atoms with E-state index in [2.05, 4.69) is 24.1 Å². The Morgan fingerprint density at radius 3 is 2.59 bits per heavy atom. The van der Waals surface area contributed by atoms with Crippen LogP contribution in [0.2, 0.25) is 0 Å². The molecule has 1 N–H and O–H groups in total. The quantitative estimate of drug-likeness (QED) is 0.644. The van der Waals surface area contributed by atoms with Gasteiger partial charge in [-0.1, -0.05) is 24.3 Å². The predicted molar refractivity (Wildman–Crippen MR) is 103 cm³/mol. The molecule has 0 aliphatic carbocycles. The molecule has 1 aliphatic rings. The third kappa shape index (κ3) is 4.90. The van der Waals surface area contributed by atoms with Gasteiger partial charge >= 0.3 is 0 Å². The van der Waals surface area contributed by atoms with Gasteiger partial charge in [-0.15, -0.1) is 0 Å². The van der Waals surface area contributed by atoms with Gasteiger partial charge < -0.3 is 10.1 Å². The molecule has 7 heteroatoms. The van der Waals surface area contributed by atoms with Gasteiger partial charge in [0.15, 0.2) is 0 Å². The first-order valence-electron chi connectivity index (χ1n) is 8.94. The van der Waals surface area contributed by atoms with Crippen molar-refractivity contribution >= 4 is 17.3 Å². The fourth-order valence-electron chi connectivity index (χ4n) is 3.39. The molecule has 0 radical (unpaired) electrons. The Kier molecular flexibility index (Phi) is 5.83. The van der Waals surface area contributed by atoms with Gasteiger partial charge in [-0.05, 0) is 31.5 Å². The number of para-hydroxylation sites is 1. The second kappa shape index (κ2) is 8.28. The Hall–Kier alpha value is -2.77. The summed E-state index contributed by atoms with van der Waals surface area (Å²) in [5, 5.41) is 13.8. The van der Waals surface area contributed by atoms with E-state index in [0.29, 0.717) is 12.2 Å². The van der Waals surface area contributed by atoms with Crippen molar-refractivity contribution in [1.82, 2.24) is 4.90 Å². The SMILES string of the molecule is CC1CN(Cc2ccccc2NC(=O)c2cccc([N+](=O)[O-])c2)CC(C)O1. The van der Waals surface area contributed by atoms with Crippen LogP contribution in [0.1, 0.15) is 29.8 Å². The summed E-state index contributed by atoms with van der Waals surface area (Å²) in [6.07, 6.45) is 0.334. The van der Waals surface area contributed by atoms with E-state index in [4.69, 9.17) is 4.74 Å². The van der Waals surface area contributed by atoms with Crippen molar-refractivity contribution in [2.75, 3.05) is 18.4 Å². The summed E-state index contributed by atoms with van der Waals surface area (Å²) in [7, 11) is 0. The van der Waals surface area contributed by atoms with Gasteiger partial charge in [0.2, 0.25) is 0 Å². The number of nitro groups is 1. The summed E-state index contributed by atoms with van der Waals surface area (Å²) in [6.45, 7) is 6.47. The molecule has 2 aromatic carbocycles. The number of rotatable bonds is 5. The molecule has 7 nitrogen and oxygen atoms in total. The highest BCUT2D eigenvalue weighted by Crippen LogP contribution is 2.21. The Labute approximate surface area is 158 Å². The summed E-state index contributed by atoms with van der Waals surface area (Å²) in [5.74, 6) is -0.366. The van der Waals surface area contributed by atoms with E-state index in [1.54, 1.807) is 6.07 Å². The highest BCUT2D eigenvalue weighted by Gasteiger charge is 2.23. The lowest BCUT2D eigenvalue weighted by molar-refractivity contribution is -0.384. The molecule has 142 valence electrons.